The Morgan fingerprint density at radius 1 is 1.26 bits per heavy atom. The average Bonchev–Trinajstić information content (AvgIpc) is 2.53. The van der Waals surface area contributed by atoms with E-state index in [-0.39, 0.29) is 5.91 Å². The first-order valence-electron chi connectivity index (χ1n) is 7.57. The molecular formula is C18H18N4O. The molecule has 0 saturated carbocycles. The lowest BCUT2D eigenvalue weighted by Gasteiger charge is -2.39. The summed E-state index contributed by atoms with van der Waals surface area (Å²) in [6, 6.07) is 13.4. The van der Waals surface area contributed by atoms with Crippen LogP contribution >= 0.6 is 0 Å². The molecule has 1 aromatic heterocycles. The maximum atomic E-state index is 12.6. The van der Waals surface area contributed by atoms with Crippen molar-refractivity contribution in [3.8, 4) is 6.07 Å². The number of nitrogens with one attached hydrogen (secondary N) is 1. The van der Waals surface area contributed by atoms with Gasteiger partial charge in [-0.15, -0.1) is 0 Å². The fourth-order valence-corrected chi connectivity index (χ4v) is 2.78. The summed E-state index contributed by atoms with van der Waals surface area (Å²) in [4.78, 5) is 18.8. The van der Waals surface area contributed by atoms with Crippen LogP contribution in [0.25, 0.3) is 0 Å². The van der Waals surface area contributed by atoms with Gasteiger partial charge in [0.25, 0.3) is 5.91 Å². The Morgan fingerprint density at radius 2 is 1.96 bits per heavy atom. The van der Waals surface area contributed by atoms with Crippen molar-refractivity contribution >= 4 is 11.7 Å². The van der Waals surface area contributed by atoms with Crippen molar-refractivity contribution in [1.82, 2.24) is 9.88 Å². The van der Waals surface area contributed by atoms with Gasteiger partial charge in [-0.05, 0) is 36.8 Å². The molecule has 2 aromatic rings. The van der Waals surface area contributed by atoms with Crippen LogP contribution in [0.1, 0.15) is 33.1 Å². The quantitative estimate of drug-likeness (QED) is 0.946. The topological polar surface area (TPSA) is 69.0 Å². The molecule has 1 amide bonds. The van der Waals surface area contributed by atoms with Crippen molar-refractivity contribution in [3.63, 3.8) is 0 Å². The van der Waals surface area contributed by atoms with Gasteiger partial charge in [0.2, 0.25) is 0 Å². The van der Waals surface area contributed by atoms with Crippen LogP contribution in [0, 0.1) is 18.3 Å². The molecule has 3 rings (SSSR count). The van der Waals surface area contributed by atoms with Crippen molar-refractivity contribution in [2.24, 2.45) is 0 Å². The fourth-order valence-electron chi connectivity index (χ4n) is 2.78. The van der Waals surface area contributed by atoms with Crippen molar-refractivity contribution in [2.45, 2.75) is 12.8 Å². The van der Waals surface area contributed by atoms with E-state index in [1.165, 1.54) is 5.56 Å². The molecule has 1 N–H and O–H groups in total. The van der Waals surface area contributed by atoms with Crippen LogP contribution in [0.2, 0.25) is 0 Å². The molecule has 1 aliphatic heterocycles. The van der Waals surface area contributed by atoms with Crippen molar-refractivity contribution < 1.29 is 4.79 Å². The van der Waals surface area contributed by atoms with E-state index in [0.29, 0.717) is 36.0 Å². The number of aromatic nitrogens is 1. The molecule has 0 atom stereocenters. The van der Waals surface area contributed by atoms with Gasteiger partial charge in [-0.1, -0.05) is 12.1 Å². The highest BCUT2D eigenvalue weighted by molar-refractivity contribution is 5.99. The van der Waals surface area contributed by atoms with Gasteiger partial charge >= 0.3 is 0 Å². The summed E-state index contributed by atoms with van der Waals surface area (Å²) in [6.07, 6.45) is 0. The predicted molar refractivity (Wildman–Crippen MR) is 88.3 cm³/mol. The molecule has 1 fully saturated rings. The van der Waals surface area contributed by atoms with E-state index in [4.69, 9.17) is 5.26 Å². The molecule has 0 bridgehead atoms. The molecule has 0 spiro atoms. The van der Waals surface area contributed by atoms with Gasteiger partial charge in [-0.25, -0.2) is 4.98 Å². The lowest BCUT2D eigenvalue weighted by atomic mass is 9.90. The Kier molecular flexibility index (Phi) is 3.98. The summed E-state index contributed by atoms with van der Waals surface area (Å²) in [6.45, 7) is 3.29. The van der Waals surface area contributed by atoms with Gasteiger partial charge in [0.15, 0.2) is 0 Å². The molecule has 0 radical (unpaired) electrons. The molecule has 23 heavy (non-hydrogen) atoms. The Hall–Kier alpha value is -2.87. The Balaban J connectivity index is 1.69. The normalized spacial score (nSPS) is 14.0. The molecule has 1 aliphatic rings. The second-order valence-corrected chi connectivity index (χ2v) is 5.74. The summed E-state index contributed by atoms with van der Waals surface area (Å²) in [5.74, 6) is 0.965. The van der Waals surface area contributed by atoms with Crippen LogP contribution < -0.4 is 5.32 Å². The molecule has 2 heterocycles. The summed E-state index contributed by atoms with van der Waals surface area (Å²) in [7, 11) is 1.77. The zero-order valence-corrected chi connectivity index (χ0v) is 13.2. The third kappa shape index (κ3) is 2.88. The maximum absolute atomic E-state index is 12.6. The number of likely N-dealkylation sites (tertiary alicyclic amines) is 1. The van der Waals surface area contributed by atoms with Crippen LogP contribution in [0.3, 0.4) is 0 Å². The number of nitrogens with zero attached hydrogens (tertiary/aromatic N) is 3. The number of nitriles is 1. The third-order valence-corrected chi connectivity index (χ3v) is 4.18. The molecule has 0 unspecified atom stereocenters. The Labute approximate surface area is 135 Å². The number of aryl methyl sites for hydroxylation is 1. The summed E-state index contributed by atoms with van der Waals surface area (Å²) in [5.41, 5.74) is 3.32. The number of carbonyl (C=O) groups is 1. The van der Waals surface area contributed by atoms with Crippen LogP contribution in [0.5, 0.6) is 0 Å². The lowest BCUT2D eigenvalue weighted by Crippen LogP contribution is -2.48. The molecule has 5 nitrogen and oxygen atoms in total. The minimum Gasteiger partial charge on any atom is -0.372 e. The number of hydrogen-bond donors (Lipinski definition) is 1. The van der Waals surface area contributed by atoms with Crippen molar-refractivity contribution in [3.05, 3.63) is 58.8 Å². The van der Waals surface area contributed by atoms with Crippen LogP contribution in [-0.2, 0) is 0 Å². The van der Waals surface area contributed by atoms with Gasteiger partial charge < -0.3 is 10.2 Å². The fraction of sp³-hybridized carbons (Fsp3) is 0.278. The number of carbonyl (C=O) groups excluding carboxylic acids is 1. The summed E-state index contributed by atoms with van der Waals surface area (Å²) in [5, 5.41) is 11.8. The van der Waals surface area contributed by atoms with E-state index in [2.05, 4.69) is 16.4 Å². The largest absolute Gasteiger partial charge is 0.372 e. The maximum Gasteiger partial charge on any atom is 0.257 e. The van der Waals surface area contributed by atoms with E-state index in [1.54, 1.807) is 7.05 Å². The minimum absolute atomic E-state index is 0.00625. The number of pyridine rings is 1. The highest BCUT2D eigenvalue weighted by atomic mass is 16.2. The molecular weight excluding hydrogens is 288 g/mol. The van der Waals surface area contributed by atoms with Gasteiger partial charge in [0.1, 0.15) is 5.82 Å². The van der Waals surface area contributed by atoms with Crippen LogP contribution in [0.4, 0.5) is 5.82 Å². The zero-order chi connectivity index (χ0) is 16.4. The first-order chi connectivity index (χ1) is 11.1. The molecule has 0 aliphatic carbocycles. The molecule has 1 aromatic carbocycles. The Morgan fingerprint density at radius 3 is 2.57 bits per heavy atom. The Bertz CT molecular complexity index is 771. The van der Waals surface area contributed by atoms with Crippen molar-refractivity contribution in [2.75, 3.05) is 25.5 Å². The van der Waals surface area contributed by atoms with E-state index in [1.807, 2.05) is 48.2 Å². The van der Waals surface area contributed by atoms with E-state index < -0.39 is 0 Å². The van der Waals surface area contributed by atoms with Crippen molar-refractivity contribution in [1.29, 1.82) is 5.26 Å². The molecule has 1 saturated heterocycles. The average molecular weight is 306 g/mol. The van der Waals surface area contributed by atoms with Crippen LogP contribution in [-0.4, -0.2) is 35.9 Å². The van der Waals surface area contributed by atoms with E-state index >= 15 is 0 Å². The first kappa shape index (κ1) is 15.0. The molecule has 5 heteroatoms. The standard InChI is InChI=1S/C18H18N4O/c1-12-3-8-16(17(20-2)21-12)18(23)22-10-15(11-22)14-6-4-13(9-19)5-7-14/h3-8,15H,10-11H2,1-2H3,(H,20,21). The smallest absolute Gasteiger partial charge is 0.257 e. The number of hydrogen-bond acceptors (Lipinski definition) is 4. The van der Waals surface area contributed by atoms with E-state index in [9.17, 15) is 4.79 Å². The number of rotatable bonds is 3. The second-order valence-electron chi connectivity index (χ2n) is 5.74. The van der Waals surface area contributed by atoms with E-state index in [0.717, 1.165) is 5.69 Å². The first-order valence-corrected chi connectivity index (χ1v) is 7.57. The predicted octanol–water partition coefficient (Wildman–Crippen LogP) is 2.54. The number of anilines is 1. The van der Waals surface area contributed by atoms with Gasteiger partial charge in [0, 0.05) is 31.7 Å². The minimum atomic E-state index is 0.00625. The van der Waals surface area contributed by atoms with Crippen LogP contribution in [0.15, 0.2) is 36.4 Å². The zero-order valence-electron chi connectivity index (χ0n) is 13.2. The van der Waals surface area contributed by atoms with Gasteiger partial charge in [-0.2, -0.15) is 5.26 Å². The van der Waals surface area contributed by atoms with Gasteiger partial charge in [-0.3, -0.25) is 4.79 Å². The lowest BCUT2D eigenvalue weighted by molar-refractivity contribution is 0.0603. The summed E-state index contributed by atoms with van der Waals surface area (Å²) >= 11 is 0. The highest BCUT2D eigenvalue weighted by Gasteiger charge is 2.33. The third-order valence-electron chi connectivity index (χ3n) is 4.18. The second kappa shape index (κ2) is 6.09. The summed E-state index contributed by atoms with van der Waals surface area (Å²) < 4.78 is 0. The number of benzene rings is 1. The molecule has 116 valence electrons. The highest BCUT2D eigenvalue weighted by Crippen LogP contribution is 2.29. The SMILES string of the molecule is CNc1nc(C)ccc1C(=O)N1CC(c2ccc(C#N)cc2)C1. The van der Waals surface area contributed by atoms with Gasteiger partial charge in [0.05, 0.1) is 17.2 Å². The monoisotopic (exact) mass is 306 g/mol. The number of amides is 1.